The second-order valence-electron chi connectivity index (χ2n) is 6.41. The molecular formula is C20H22N4O3S. The van der Waals surface area contributed by atoms with Gasteiger partial charge in [0.25, 0.3) is 0 Å². The quantitative estimate of drug-likeness (QED) is 0.587. The SMILES string of the molecule is COc1ccc(-c2n[nH]c(=S)n2CC(=O)Nc2ccc(OC(C)C)cc2)cc1. The van der Waals surface area contributed by atoms with E-state index < -0.39 is 0 Å². The van der Waals surface area contributed by atoms with Crippen molar-refractivity contribution < 1.29 is 14.3 Å². The molecule has 7 nitrogen and oxygen atoms in total. The Morgan fingerprint density at radius 2 is 1.79 bits per heavy atom. The fraction of sp³-hybridized carbons (Fsp3) is 0.250. The number of carbonyl (C=O) groups excluding carboxylic acids is 1. The molecule has 0 bridgehead atoms. The molecule has 8 heteroatoms. The summed E-state index contributed by atoms with van der Waals surface area (Å²) in [5.74, 6) is 1.88. The van der Waals surface area contributed by atoms with Gasteiger partial charge < -0.3 is 14.8 Å². The van der Waals surface area contributed by atoms with Crippen molar-refractivity contribution in [1.82, 2.24) is 14.8 Å². The third kappa shape index (κ3) is 4.77. The van der Waals surface area contributed by atoms with Crippen LogP contribution in [0.4, 0.5) is 5.69 Å². The number of carbonyl (C=O) groups is 1. The number of benzene rings is 2. The molecule has 0 aliphatic rings. The zero-order chi connectivity index (χ0) is 20.1. The van der Waals surface area contributed by atoms with Gasteiger partial charge >= 0.3 is 0 Å². The molecule has 0 saturated heterocycles. The van der Waals surface area contributed by atoms with Gasteiger partial charge in [-0.2, -0.15) is 5.10 Å². The Kier molecular flexibility index (Phi) is 6.10. The minimum atomic E-state index is -0.204. The van der Waals surface area contributed by atoms with Crippen LogP contribution in [0.3, 0.4) is 0 Å². The van der Waals surface area contributed by atoms with Gasteiger partial charge in [-0.15, -0.1) is 0 Å². The van der Waals surface area contributed by atoms with Crippen LogP contribution in [0, 0.1) is 4.77 Å². The van der Waals surface area contributed by atoms with Crippen molar-refractivity contribution in [3.8, 4) is 22.9 Å². The largest absolute Gasteiger partial charge is 0.497 e. The van der Waals surface area contributed by atoms with E-state index >= 15 is 0 Å². The van der Waals surface area contributed by atoms with Crippen LogP contribution in [0.15, 0.2) is 48.5 Å². The van der Waals surface area contributed by atoms with Crippen molar-refractivity contribution in [2.24, 2.45) is 0 Å². The second kappa shape index (κ2) is 8.71. The van der Waals surface area contributed by atoms with E-state index in [0.717, 1.165) is 17.1 Å². The summed E-state index contributed by atoms with van der Waals surface area (Å²) >= 11 is 5.29. The summed E-state index contributed by atoms with van der Waals surface area (Å²) in [6, 6.07) is 14.6. The number of nitrogens with one attached hydrogen (secondary N) is 2. The lowest BCUT2D eigenvalue weighted by molar-refractivity contribution is -0.116. The van der Waals surface area contributed by atoms with Crippen LogP contribution < -0.4 is 14.8 Å². The van der Waals surface area contributed by atoms with Gasteiger partial charge in [-0.05, 0) is 74.6 Å². The lowest BCUT2D eigenvalue weighted by Crippen LogP contribution is -2.19. The molecule has 0 atom stereocenters. The first kappa shape index (κ1) is 19.6. The third-order valence-corrected chi connectivity index (χ3v) is 4.23. The molecule has 28 heavy (non-hydrogen) atoms. The summed E-state index contributed by atoms with van der Waals surface area (Å²) in [7, 11) is 1.61. The minimum Gasteiger partial charge on any atom is -0.497 e. The lowest BCUT2D eigenvalue weighted by Gasteiger charge is -2.11. The number of hydrogen-bond acceptors (Lipinski definition) is 5. The molecule has 2 N–H and O–H groups in total. The van der Waals surface area contributed by atoms with E-state index in [4.69, 9.17) is 21.7 Å². The summed E-state index contributed by atoms with van der Waals surface area (Å²) in [5, 5.41) is 9.86. The van der Waals surface area contributed by atoms with Crippen molar-refractivity contribution in [2.45, 2.75) is 26.5 Å². The molecule has 0 aliphatic carbocycles. The molecule has 0 aliphatic heterocycles. The van der Waals surface area contributed by atoms with E-state index in [1.807, 2.05) is 50.2 Å². The maximum absolute atomic E-state index is 12.5. The van der Waals surface area contributed by atoms with Crippen molar-refractivity contribution in [3.63, 3.8) is 0 Å². The number of H-pyrrole nitrogens is 1. The van der Waals surface area contributed by atoms with E-state index in [0.29, 0.717) is 16.3 Å². The summed E-state index contributed by atoms with van der Waals surface area (Å²) in [6.07, 6.45) is 0.0970. The van der Waals surface area contributed by atoms with E-state index in [2.05, 4.69) is 15.5 Å². The van der Waals surface area contributed by atoms with Gasteiger partial charge in [-0.1, -0.05) is 0 Å². The van der Waals surface area contributed by atoms with Crippen molar-refractivity contribution in [1.29, 1.82) is 0 Å². The maximum Gasteiger partial charge on any atom is 0.244 e. The van der Waals surface area contributed by atoms with Crippen LogP contribution in [0.2, 0.25) is 0 Å². The lowest BCUT2D eigenvalue weighted by atomic mass is 10.2. The zero-order valence-corrected chi connectivity index (χ0v) is 16.7. The average Bonchev–Trinajstić information content (AvgIpc) is 3.03. The van der Waals surface area contributed by atoms with E-state index in [9.17, 15) is 4.79 Å². The zero-order valence-electron chi connectivity index (χ0n) is 15.9. The van der Waals surface area contributed by atoms with Crippen LogP contribution in [0.1, 0.15) is 13.8 Å². The van der Waals surface area contributed by atoms with Gasteiger partial charge in [0, 0.05) is 11.3 Å². The number of anilines is 1. The summed E-state index contributed by atoms with van der Waals surface area (Å²) in [5.41, 5.74) is 1.51. The average molecular weight is 398 g/mol. The van der Waals surface area contributed by atoms with Gasteiger partial charge in [0.2, 0.25) is 5.91 Å². The highest BCUT2D eigenvalue weighted by atomic mass is 32.1. The summed E-state index contributed by atoms with van der Waals surface area (Å²) in [4.78, 5) is 12.5. The van der Waals surface area contributed by atoms with Gasteiger partial charge in [0.1, 0.15) is 18.0 Å². The number of ether oxygens (including phenoxy) is 2. The summed E-state index contributed by atoms with van der Waals surface area (Å²) in [6.45, 7) is 3.97. The van der Waals surface area contributed by atoms with Crippen molar-refractivity contribution in [2.75, 3.05) is 12.4 Å². The molecule has 3 aromatic rings. The summed E-state index contributed by atoms with van der Waals surface area (Å²) < 4.78 is 12.8. The first-order valence-corrected chi connectivity index (χ1v) is 9.23. The predicted octanol–water partition coefficient (Wildman–Crippen LogP) is 4.04. The molecule has 0 unspecified atom stereocenters. The van der Waals surface area contributed by atoms with Gasteiger partial charge in [-0.3, -0.25) is 14.5 Å². The normalized spacial score (nSPS) is 10.7. The molecule has 0 saturated carbocycles. The highest BCUT2D eigenvalue weighted by molar-refractivity contribution is 7.71. The molecule has 0 radical (unpaired) electrons. The number of methoxy groups -OCH3 is 1. The highest BCUT2D eigenvalue weighted by Gasteiger charge is 2.13. The maximum atomic E-state index is 12.5. The van der Waals surface area contributed by atoms with Crippen LogP contribution in [0.25, 0.3) is 11.4 Å². The minimum absolute atomic E-state index is 0.0426. The van der Waals surface area contributed by atoms with Crippen LogP contribution in [-0.4, -0.2) is 33.9 Å². The third-order valence-electron chi connectivity index (χ3n) is 3.92. The molecular weight excluding hydrogens is 376 g/mol. The molecule has 146 valence electrons. The van der Waals surface area contributed by atoms with E-state index in [-0.39, 0.29) is 18.6 Å². The predicted molar refractivity (Wildman–Crippen MR) is 110 cm³/mol. The van der Waals surface area contributed by atoms with E-state index in [1.54, 1.807) is 23.8 Å². The van der Waals surface area contributed by atoms with Crippen molar-refractivity contribution in [3.05, 3.63) is 53.3 Å². The number of aromatic nitrogens is 3. The molecule has 0 spiro atoms. The van der Waals surface area contributed by atoms with Gasteiger partial charge in [0.05, 0.1) is 13.2 Å². The second-order valence-corrected chi connectivity index (χ2v) is 6.79. The van der Waals surface area contributed by atoms with Crippen LogP contribution in [-0.2, 0) is 11.3 Å². The van der Waals surface area contributed by atoms with Crippen LogP contribution in [0.5, 0.6) is 11.5 Å². The van der Waals surface area contributed by atoms with Gasteiger partial charge in [0.15, 0.2) is 10.6 Å². The van der Waals surface area contributed by atoms with Gasteiger partial charge in [-0.25, -0.2) is 0 Å². The van der Waals surface area contributed by atoms with Crippen molar-refractivity contribution >= 4 is 23.8 Å². The smallest absolute Gasteiger partial charge is 0.244 e. The Morgan fingerprint density at radius 3 is 2.39 bits per heavy atom. The Labute approximate surface area is 168 Å². The first-order chi connectivity index (χ1) is 13.5. The standard InChI is InChI=1S/C20H22N4O3S/c1-13(2)27-17-10-6-15(7-11-17)21-18(25)12-24-19(22-23-20(24)28)14-4-8-16(26-3)9-5-14/h4-11,13H,12H2,1-3H3,(H,21,25)(H,23,28). The molecule has 1 heterocycles. The number of rotatable bonds is 7. The first-order valence-electron chi connectivity index (χ1n) is 8.82. The molecule has 1 aromatic heterocycles. The molecule has 0 fully saturated rings. The van der Waals surface area contributed by atoms with E-state index in [1.165, 1.54) is 0 Å². The molecule has 1 amide bonds. The highest BCUT2D eigenvalue weighted by Crippen LogP contribution is 2.21. The fourth-order valence-electron chi connectivity index (χ4n) is 2.66. The number of nitrogens with zero attached hydrogens (tertiary/aromatic N) is 2. The monoisotopic (exact) mass is 398 g/mol. The number of aromatic amines is 1. The fourth-order valence-corrected chi connectivity index (χ4v) is 2.85. The Morgan fingerprint density at radius 1 is 1.14 bits per heavy atom. The Bertz CT molecular complexity index is 992. The van der Waals surface area contributed by atoms with Crippen LogP contribution >= 0.6 is 12.2 Å². The Hall–Kier alpha value is -3.13. The number of amides is 1. The topological polar surface area (TPSA) is 81.2 Å². The molecule has 3 rings (SSSR count). The molecule has 2 aromatic carbocycles. The Balaban J connectivity index is 1.72. The number of hydrogen-bond donors (Lipinski definition) is 2.